The first kappa shape index (κ1) is 13.9. The van der Waals surface area contributed by atoms with Crippen molar-refractivity contribution in [1.29, 1.82) is 0 Å². The third-order valence-corrected chi connectivity index (χ3v) is 3.76. The molecule has 4 N–H and O–H groups in total. The molecule has 1 aromatic rings. The Bertz CT molecular complexity index is 489. The second kappa shape index (κ2) is 5.65. The van der Waals surface area contributed by atoms with Gasteiger partial charge in [-0.2, -0.15) is 0 Å². The molecule has 1 aliphatic carbocycles. The number of anilines is 2. The summed E-state index contributed by atoms with van der Waals surface area (Å²) in [6.45, 7) is 0.0663. The first-order valence-electron chi connectivity index (χ1n) is 6.28. The number of carbonyl (C=O) groups is 1. The molecule has 0 heterocycles. The van der Waals surface area contributed by atoms with Crippen molar-refractivity contribution in [2.24, 2.45) is 5.73 Å². The van der Waals surface area contributed by atoms with Crippen LogP contribution < -0.4 is 16.4 Å². The monoisotopic (exact) mass is 285 g/mol. The zero-order chi connectivity index (χ0) is 14.0. The zero-order valence-corrected chi connectivity index (χ0v) is 11.3. The van der Waals surface area contributed by atoms with E-state index in [1.807, 2.05) is 4.90 Å². The molecular formula is C13H17ClFN3O. The van der Waals surface area contributed by atoms with Gasteiger partial charge in [-0.15, -0.1) is 0 Å². The van der Waals surface area contributed by atoms with Gasteiger partial charge in [-0.05, 0) is 18.9 Å². The van der Waals surface area contributed by atoms with Crippen LogP contribution >= 0.6 is 11.6 Å². The Morgan fingerprint density at radius 3 is 2.63 bits per heavy atom. The van der Waals surface area contributed by atoms with E-state index in [-0.39, 0.29) is 23.3 Å². The Labute approximate surface area is 116 Å². The molecule has 4 nitrogen and oxygen atoms in total. The minimum Gasteiger partial charge on any atom is -0.397 e. The van der Waals surface area contributed by atoms with Crippen molar-refractivity contribution in [3.8, 4) is 0 Å². The highest BCUT2D eigenvalue weighted by Gasteiger charge is 2.26. The number of benzene rings is 1. The van der Waals surface area contributed by atoms with Crippen molar-refractivity contribution in [1.82, 2.24) is 0 Å². The van der Waals surface area contributed by atoms with Crippen molar-refractivity contribution in [2.45, 2.75) is 31.7 Å². The molecule has 1 saturated carbocycles. The molecule has 0 atom stereocenters. The fourth-order valence-electron chi connectivity index (χ4n) is 2.60. The van der Waals surface area contributed by atoms with Crippen molar-refractivity contribution >= 4 is 28.9 Å². The molecule has 0 saturated heterocycles. The van der Waals surface area contributed by atoms with Gasteiger partial charge in [0.05, 0.1) is 22.9 Å². The number of nitrogens with two attached hydrogens (primary N) is 2. The highest BCUT2D eigenvalue weighted by atomic mass is 35.5. The maximum absolute atomic E-state index is 13.3. The van der Waals surface area contributed by atoms with Crippen LogP contribution in [0.25, 0.3) is 0 Å². The molecule has 0 unspecified atom stereocenters. The maximum atomic E-state index is 13.3. The Balaban J connectivity index is 2.36. The van der Waals surface area contributed by atoms with E-state index in [1.54, 1.807) is 0 Å². The average Bonchev–Trinajstić information content (AvgIpc) is 2.84. The zero-order valence-electron chi connectivity index (χ0n) is 10.5. The van der Waals surface area contributed by atoms with Gasteiger partial charge in [-0.1, -0.05) is 24.4 Å². The van der Waals surface area contributed by atoms with Gasteiger partial charge in [0.1, 0.15) is 5.82 Å². The van der Waals surface area contributed by atoms with Crippen molar-refractivity contribution < 1.29 is 9.18 Å². The molecule has 0 spiro atoms. The summed E-state index contributed by atoms with van der Waals surface area (Å²) in [7, 11) is 0. The van der Waals surface area contributed by atoms with E-state index in [0.717, 1.165) is 25.7 Å². The number of hydrogen-bond donors (Lipinski definition) is 2. The predicted octanol–water partition coefficient (Wildman–Crippen LogP) is 2.30. The molecule has 104 valence electrons. The number of primary amides is 1. The molecule has 0 aliphatic heterocycles. The van der Waals surface area contributed by atoms with E-state index in [2.05, 4.69) is 0 Å². The number of nitrogen functional groups attached to an aromatic ring is 1. The second-order valence-electron chi connectivity index (χ2n) is 4.86. The van der Waals surface area contributed by atoms with Crippen LogP contribution in [0.5, 0.6) is 0 Å². The molecule has 1 fully saturated rings. The minimum absolute atomic E-state index is 0.00309. The Morgan fingerprint density at radius 2 is 2.05 bits per heavy atom. The molecule has 0 bridgehead atoms. The normalized spacial score (nSPS) is 15.7. The van der Waals surface area contributed by atoms with Crippen molar-refractivity contribution in [2.75, 3.05) is 17.2 Å². The lowest BCUT2D eigenvalue weighted by Gasteiger charge is -2.31. The van der Waals surface area contributed by atoms with Gasteiger partial charge in [-0.3, -0.25) is 4.79 Å². The molecule has 6 heteroatoms. The van der Waals surface area contributed by atoms with E-state index in [9.17, 15) is 9.18 Å². The van der Waals surface area contributed by atoms with E-state index in [0.29, 0.717) is 5.69 Å². The van der Waals surface area contributed by atoms with E-state index in [4.69, 9.17) is 23.1 Å². The fourth-order valence-corrected chi connectivity index (χ4v) is 2.75. The third-order valence-electron chi connectivity index (χ3n) is 3.47. The molecule has 1 aliphatic rings. The number of hydrogen-bond acceptors (Lipinski definition) is 3. The van der Waals surface area contributed by atoms with Crippen LogP contribution in [0.1, 0.15) is 25.7 Å². The molecule has 2 rings (SSSR count). The van der Waals surface area contributed by atoms with Crippen molar-refractivity contribution in [3.63, 3.8) is 0 Å². The van der Waals surface area contributed by atoms with Crippen molar-refractivity contribution in [3.05, 3.63) is 23.0 Å². The standard InChI is InChI=1S/C13H17ClFN3O/c14-9-5-12(11(16)6-10(9)15)18(7-13(17)19)8-3-1-2-4-8/h5-6,8H,1-4,7,16H2,(H2,17,19). The molecule has 1 amide bonds. The quantitative estimate of drug-likeness (QED) is 0.834. The summed E-state index contributed by atoms with van der Waals surface area (Å²) >= 11 is 5.80. The minimum atomic E-state index is -0.562. The van der Waals surface area contributed by atoms with Crippen LogP contribution in [0.2, 0.25) is 5.02 Å². The summed E-state index contributed by atoms with van der Waals surface area (Å²) in [5.41, 5.74) is 12.0. The number of nitrogens with zero attached hydrogens (tertiary/aromatic N) is 1. The summed E-state index contributed by atoms with van der Waals surface area (Å²) in [4.78, 5) is 13.1. The van der Waals surface area contributed by atoms with Gasteiger partial charge in [0.2, 0.25) is 5.91 Å². The van der Waals surface area contributed by atoms with Gasteiger partial charge in [-0.25, -0.2) is 4.39 Å². The number of rotatable bonds is 4. The molecular weight excluding hydrogens is 269 g/mol. The Hall–Kier alpha value is -1.49. The number of halogens is 2. The first-order chi connectivity index (χ1) is 8.99. The maximum Gasteiger partial charge on any atom is 0.236 e. The lowest BCUT2D eigenvalue weighted by atomic mass is 10.1. The van der Waals surface area contributed by atoms with Crippen LogP contribution in [0, 0.1) is 5.82 Å². The summed E-state index contributed by atoms with van der Waals surface area (Å²) in [6.07, 6.45) is 4.16. The van der Waals surface area contributed by atoms with Crippen LogP contribution in [0.15, 0.2) is 12.1 Å². The van der Waals surface area contributed by atoms with E-state index >= 15 is 0 Å². The number of carbonyl (C=O) groups excluding carboxylic acids is 1. The van der Waals surface area contributed by atoms with Gasteiger partial charge in [0, 0.05) is 12.1 Å². The molecule has 1 aromatic carbocycles. The SMILES string of the molecule is NC(=O)CN(c1cc(Cl)c(F)cc1N)C1CCCC1. The smallest absolute Gasteiger partial charge is 0.236 e. The summed E-state index contributed by atoms with van der Waals surface area (Å²) in [5.74, 6) is -1.000. The third kappa shape index (κ3) is 3.10. The lowest BCUT2D eigenvalue weighted by Crippen LogP contribution is -2.40. The topological polar surface area (TPSA) is 72.4 Å². The average molecular weight is 286 g/mol. The van der Waals surface area contributed by atoms with E-state index in [1.165, 1.54) is 12.1 Å². The highest BCUT2D eigenvalue weighted by molar-refractivity contribution is 6.31. The summed E-state index contributed by atoms with van der Waals surface area (Å²) < 4.78 is 13.3. The van der Waals surface area contributed by atoms with Crippen LogP contribution in [0.3, 0.4) is 0 Å². The molecule has 0 aromatic heterocycles. The lowest BCUT2D eigenvalue weighted by molar-refractivity contribution is -0.116. The number of amides is 1. The largest absolute Gasteiger partial charge is 0.397 e. The second-order valence-corrected chi connectivity index (χ2v) is 5.26. The molecule has 0 radical (unpaired) electrons. The van der Waals surface area contributed by atoms with Gasteiger partial charge < -0.3 is 16.4 Å². The van der Waals surface area contributed by atoms with Gasteiger partial charge >= 0.3 is 0 Å². The summed E-state index contributed by atoms with van der Waals surface area (Å²) in [5, 5.41) is -0.00309. The predicted molar refractivity (Wildman–Crippen MR) is 74.6 cm³/mol. The fraction of sp³-hybridized carbons (Fsp3) is 0.462. The van der Waals surface area contributed by atoms with Crippen LogP contribution in [-0.2, 0) is 4.79 Å². The van der Waals surface area contributed by atoms with Crippen LogP contribution in [0.4, 0.5) is 15.8 Å². The highest BCUT2D eigenvalue weighted by Crippen LogP contribution is 2.34. The van der Waals surface area contributed by atoms with Crippen LogP contribution in [-0.4, -0.2) is 18.5 Å². The van der Waals surface area contributed by atoms with E-state index < -0.39 is 11.7 Å². The Kier molecular flexibility index (Phi) is 4.14. The summed E-state index contributed by atoms with van der Waals surface area (Å²) in [6, 6.07) is 2.85. The Morgan fingerprint density at radius 1 is 1.42 bits per heavy atom. The van der Waals surface area contributed by atoms with Gasteiger partial charge in [0.25, 0.3) is 0 Å². The molecule has 19 heavy (non-hydrogen) atoms. The first-order valence-corrected chi connectivity index (χ1v) is 6.66. The van der Waals surface area contributed by atoms with Gasteiger partial charge in [0.15, 0.2) is 0 Å².